The molecule has 1 rings (SSSR count). The number of nitrogens with two attached hydrogens (primary N) is 1. The van der Waals surface area contributed by atoms with E-state index in [-0.39, 0.29) is 5.82 Å². The summed E-state index contributed by atoms with van der Waals surface area (Å²) >= 11 is 0. The zero-order chi connectivity index (χ0) is 10.8. The molecular weight excluding hydrogens is 195 g/mol. The Bertz CT molecular complexity index is 357. The van der Waals surface area contributed by atoms with Crippen LogP contribution in [-0.4, -0.2) is 9.97 Å². The van der Waals surface area contributed by atoms with Gasteiger partial charge in [-0.1, -0.05) is 0 Å². The quantitative estimate of drug-likeness (QED) is 0.757. The van der Waals surface area contributed by atoms with Crippen LogP contribution in [0.5, 0.6) is 0 Å². The number of aromatic nitrogens is 2. The van der Waals surface area contributed by atoms with Gasteiger partial charge in [0.15, 0.2) is 5.82 Å². The van der Waals surface area contributed by atoms with Crippen LogP contribution >= 0.6 is 0 Å². The molecule has 2 N–H and O–H groups in total. The summed E-state index contributed by atoms with van der Waals surface area (Å²) in [4.78, 5) is 6.99. The number of nitrogens with zero attached hydrogens (tertiary/aromatic N) is 2. The van der Waals surface area contributed by atoms with Crippen LogP contribution in [-0.2, 0) is 6.18 Å². The van der Waals surface area contributed by atoms with Crippen molar-refractivity contribution in [2.24, 2.45) is 5.73 Å². The maximum atomic E-state index is 12.2. The van der Waals surface area contributed by atoms with Crippen LogP contribution in [0.25, 0.3) is 5.57 Å². The summed E-state index contributed by atoms with van der Waals surface area (Å²) in [5, 5.41) is 0. The van der Waals surface area contributed by atoms with Gasteiger partial charge in [0.2, 0.25) is 0 Å². The minimum Gasteiger partial charge on any atom is -0.404 e. The normalized spacial score (nSPS) is 13.0. The SMILES string of the molecule is CC(=CN)c1nccc(C(F)(F)F)n1. The molecule has 0 atom stereocenters. The molecule has 0 aliphatic heterocycles. The fourth-order valence-corrected chi connectivity index (χ4v) is 0.781. The van der Waals surface area contributed by atoms with Crippen LogP contribution in [0.1, 0.15) is 18.4 Å². The van der Waals surface area contributed by atoms with Crippen molar-refractivity contribution in [3.05, 3.63) is 30.0 Å². The summed E-state index contributed by atoms with van der Waals surface area (Å²) in [5.74, 6) is -0.0117. The van der Waals surface area contributed by atoms with E-state index in [1.54, 1.807) is 0 Å². The molecule has 14 heavy (non-hydrogen) atoms. The molecular formula is C8H8F3N3. The summed E-state index contributed by atoms with van der Waals surface area (Å²) in [6.45, 7) is 1.54. The van der Waals surface area contributed by atoms with Crippen LogP contribution in [0.4, 0.5) is 13.2 Å². The molecule has 6 heteroatoms. The highest BCUT2D eigenvalue weighted by Crippen LogP contribution is 2.27. The van der Waals surface area contributed by atoms with Gasteiger partial charge in [-0.05, 0) is 13.0 Å². The van der Waals surface area contributed by atoms with Crippen molar-refractivity contribution in [1.82, 2.24) is 9.97 Å². The fraction of sp³-hybridized carbons (Fsp3) is 0.250. The molecule has 0 aliphatic carbocycles. The van der Waals surface area contributed by atoms with E-state index in [2.05, 4.69) is 9.97 Å². The largest absolute Gasteiger partial charge is 0.433 e. The Morgan fingerprint density at radius 3 is 2.64 bits per heavy atom. The van der Waals surface area contributed by atoms with Crippen molar-refractivity contribution in [3.63, 3.8) is 0 Å². The molecule has 0 aliphatic rings. The highest BCUT2D eigenvalue weighted by atomic mass is 19.4. The Hall–Kier alpha value is -1.59. The third kappa shape index (κ3) is 2.21. The van der Waals surface area contributed by atoms with Crippen LogP contribution in [0.2, 0.25) is 0 Å². The van der Waals surface area contributed by atoms with E-state index in [1.165, 1.54) is 6.92 Å². The first kappa shape index (κ1) is 10.5. The lowest BCUT2D eigenvalue weighted by Gasteiger charge is -2.06. The van der Waals surface area contributed by atoms with E-state index in [0.29, 0.717) is 5.57 Å². The Labute approximate surface area is 78.5 Å². The molecule has 0 spiro atoms. The molecule has 0 fully saturated rings. The number of rotatable bonds is 1. The molecule has 1 aromatic heterocycles. The van der Waals surface area contributed by atoms with Crippen molar-refractivity contribution < 1.29 is 13.2 Å². The zero-order valence-electron chi connectivity index (χ0n) is 7.34. The zero-order valence-corrected chi connectivity index (χ0v) is 7.34. The first-order valence-electron chi connectivity index (χ1n) is 3.74. The molecule has 76 valence electrons. The van der Waals surface area contributed by atoms with Crippen molar-refractivity contribution in [2.75, 3.05) is 0 Å². The molecule has 0 radical (unpaired) electrons. The van der Waals surface area contributed by atoms with Crippen molar-refractivity contribution in [2.45, 2.75) is 13.1 Å². The van der Waals surface area contributed by atoms with E-state index < -0.39 is 11.9 Å². The molecule has 0 aromatic carbocycles. The molecule has 3 nitrogen and oxygen atoms in total. The number of allylic oxidation sites excluding steroid dienone is 1. The van der Waals surface area contributed by atoms with Gasteiger partial charge >= 0.3 is 6.18 Å². The van der Waals surface area contributed by atoms with Gasteiger partial charge in [-0.3, -0.25) is 0 Å². The highest BCUT2D eigenvalue weighted by molar-refractivity contribution is 5.56. The predicted octanol–water partition coefficient (Wildman–Crippen LogP) is 1.81. The summed E-state index contributed by atoms with van der Waals surface area (Å²) in [6.07, 6.45) is -2.24. The monoisotopic (exact) mass is 203 g/mol. The average Bonchev–Trinajstić information content (AvgIpc) is 2.15. The maximum absolute atomic E-state index is 12.2. The Morgan fingerprint density at radius 2 is 2.14 bits per heavy atom. The number of hydrogen-bond donors (Lipinski definition) is 1. The van der Waals surface area contributed by atoms with Gasteiger partial charge in [-0.25, -0.2) is 9.97 Å². The van der Waals surface area contributed by atoms with E-state index in [9.17, 15) is 13.2 Å². The lowest BCUT2D eigenvalue weighted by Crippen LogP contribution is -2.10. The second-order valence-corrected chi connectivity index (χ2v) is 2.61. The fourth-order valence-electron chi connectivity index (χ4n) is 0.781. The maximum Gasteiger partial charge on any atom is 0.433 e. The molecule has 0 saturated heterocycles. The van der Waals surface area contributed by atoms with Gasteiger partial charge in [-0.15, -0.1) is 0 Å². The van der Waals surface area contributed by atoms with Gasteiger partial charge in [-0.2, -0.15) is 13.2 Å². The van der Waals surface area contributed by atoms with Crippen LogP contribution in [0.15, 0.2) is 18.5 Å². The number of hydrogen-bond acceptors (Lipinski definition) is 3. The molecule has 0 amide bonds. The molecule has 0 unspecified atom stereocenters. The first-order chi connectivity index (χ1) is 6.45. The van der Waals surface area contributed by atoms with Crippen molar-refractivity contribution in [3.8, 4) is 0 Å². The number of halogens is 3. The highest BCUT2D eigenvalue weighted by Gasteiger charge is 2.32. The van der Waals surface area contributed by atoms with E-state index in [4.69, 9.17) is 5.73 Å². The summed E-state index contributed by atoms with van der Waals surface area (Å²) in [7, 11) is 0. The average molecular weight is 203 g/mol. The van der Waals surface area contributed by atoms with E-state index in [0.717, 1.165) is 18.5 Å². The third-order valence-corrected chi connectivity index (χ3v) is 1.55. The van der Waals surface area contributed by atoms with Gasteiger partial charge in [0.25, 0.3) is 0 Å². The summed E-state index contributed by atoms with van der Waals surface area (Å²) in [5.41, 5.74) is 4.57. The molecule has 1 heterocycles. The Morgan fingerprint density at radius 1 is 1.50 bits per heavy atom. The Kier molecular flexibility index (Phi) is 2.73. The number of alkyl halides is 3. The topological polar surface area (TPSA) is 51.8 Å². The third-order valence-electron chi connectivity index (χ3n) is 1.55. The van der Waals surface area contributed by atoms with Crippen LogP contribution in [0, 0.1) is 0 Å². The summed E-state index contributed by atoms with van der Waals surface area (Å²) < 4.78 is 36.6. The van der Waals surface area contributed by atoms with E-state index >= 15 is 0 Å². The van der Waals surface area contributed by atoms with Gasteiger partial charge < -0.3 is 5.73 Å². The smallest absolute Gasteiger partial charge is 0.404 e. The molecule has 1 aromatic rings. The standard InChI is InChI=1S/C8H8F3N3/c1-5(4-12)7-13-3-2-6(14-7)8(9,10)11/h2-4H,12H2,1H3. The minimum absolute atomic E-state index is 0.0117. The molecule has 0 saturated carbocycles. The van der Waals surface area contributed by atoms with Crippen molar-refractivity contribution >= 4 is 5.57 Å². The van der Waals surface area contributed by atoms with Gasteiger partial charge in [0, 0.05) is 18.0 Å². The second-order valence-electron chi connectivity index (χ2n) is 2.61. The van der Waals surface area contributed by atoms with Crippen molar-refractivity contribution in [1.29, 1.82) is 0 Å². The van der Waals surface area contributed by atoms with Crippen LogP contribution in [0.3, 0.4) is 0 Å². The minimum atomic E-state index is -4.45. The van der Waals surface area contributed by atoms with Gasteiger partial charge in [0.1, 0.15) is 5.69 Å². The second kappa shape index (κ2) is 3.65. The first-order valence-corrected chi connectivity index (χ1v) is 3.74. The van der Waals surface area contributed by atoms with E-state index in [1.807, 2.05) is 0 Å². The Balaban J connectivity index is 3.14. The van der Waals surface area contributed by atoms with Gasteiger partial charge in [0.05, 0.1) is 0 Å². The predicted molar refractivity (Wildman–Crippen MR) is 44.9 cm³/mol. The van der Waals surface area contributed by atoms with Crippen LogP contribution < -0.4 is 5.73 Å². The lowest BCUT2D eigenvalue weighted by molar-refractivity contribution is -0.141. The molecule has 0 bridgehead atoms. The lowest BCUT2D eigenvalue weighted by atomic mass is 10.3. The summed E-state index contributed by atoms with van der Waals surface area (Å²) in [6, 6.07) is 0.813.